The summed E-state index contributed by atoms with van der Waals surface area (Å²) < 4.78 is 6.91. The molecule has 130 valence electrons. The fourth-order valence-corrected chi connectivity index (χ4v) is 5.49. The summed E-state index contributed by atoms with van der Waals surface area (Å²) in [5, 5.41) is 0. The topological polar surface area (TPSA) is 22.1 Å². The van der Waals surface area contributed by atoms with Gasteiger partial charge in [-0.3, -0.25) is 4.98 Å². The van der Waals surface area contributed by atoms with Crippen LogP contribution in [0, 0.1) is 0 Å². The molecule has 0 amide bonds. The molecule has 0 radical (unpaired) electrons. The van der Waals surface area contributed by atoms with Gasteiger partial charge < -0.3 is 4.74 Å². The highest BCUT2D eigenvalue weighted by Gasteiger charge is 2.35. The molecule has 0 saturated heterocycles. The van der Waals surface area contributed by atoms with E-state index in [0.29, 0.717) is 11.5 Å². The smallest absolute Gasteiger partial charge is 0.0508 e. The van der Waals surface area contributed by atoms with Gasteiger partial charge >= 0.3 is 0 Å². The van der Waals surface area contributed by atoms with Crippen molar-refractivity contribution in [3.63, 3.8) is 0 Å². The fourth-order valence-electron chi connectivity index (χ4n) is 3.14. The molecule has 0 N–H and O–H groups in total. The Balaban J connectivity index is 2.37. The zero-order valence-corrected chi connectivity index (χ0v) is 17.7. The lowest BCUT2D eigenvalue weighted by Crippen LogP contribution is -2.36. The largest absolute Gasteiger partial charge is 0.382 e. The molecule has 0 aliphatic rings. The minimum absolute atomic E-state index is 0.388. The first-order valence-electron chi connectivity index (χ1n) is 8.65. The number of halogens is 1. The van der Waals surface area contributed by atoms with Crippen molar-refractivity contribution in [3.05, 3.63) is 64.4 Å². The molecule has 2 unspecified atom stereocenters. The molecule has 1 aromatic heterocycles. The second-order valence-electron chi connectivity index (χ2n) is 7.33. The molecule has 2 rings (SSSR count). The lowest BCUT2D eigenvalue weighted by molar-refractivity contribution is 0.137. The monoisotopic (exact) mass is 405 g/mol. The van der Waals surface area contributed by atoms with Crippen LogP contribution in [0.4, 0.5) is 0 Å². The van der Waals surface area contributed by atoms with E-state index in [1.165, 1.54) is 11.3 Å². The first-order chi connectivity index (χ1) is 11.4. The number of hydrogen-bond donors (Lipinski definition) is 0. The Morgan fingerprint density at radius 1 is 1.08 bits per heavy atom. The molecule has 0 fully saturated rings. The van der Waals surface area contributed by atoms with Gasteiger partial charge in [-0.2, -0.15) is 0 Å². The molecule has 0 saturated carbocycles. The molecule has 0 bridgehead atoms. The van der Waals surface area contributed by atoms with Crippen LogP contribution in [0.5, 0.6) is 0 Å². The van der Waals surface area contributed by atoms with Crippen molar-refractivity contribution in [1.29, 1.82) is 0 Å². The van der Waals surface area contributed by atoms with E-state index < -0.39 is 8.07 Å². The molecule has 24 heavy (non-hydrogen) atoms. The van der Waals surface area contributed by atoms with Crippen molar-refractivity contribution < 1.29 is 4.74 Å². The van der Waals surface area contributed by atoms with E-state index in [9.17, 15) is 0 Å². The first kappa shape index (κ1) is 19.4. The number of hydrogen-bond acceptors (Lipinski definition) is 2. The van der Waals surface area contributed by atoms with E-state index in [0.717, 1.165) is 24.1 Å². The van der Waals surface area contributed by atoms with E-state index in [2.05, 4.69) is 85.0 Å². The van der Waals surface area contributed by atoms with Gasteiger partial charge in [-0.15, -0.1) is 0 Å². The van der Waals surface area contributed by atoms with E-state index in [4.69, 9.17) is 9.72 Å². The Hall–Kier alpha value is -0.973. The van der Waals surface area contributed by atoms with Crippen molar-refractivity contribution in [2.24, 2.45) is 0 Å². The summed E-state index contributed by atoms with van der Waals surface area (Å²) in [4.78, 5) is 4.74. The molecule has 4 heteroatoms. The third-order valence-electron chi connectivity index (χ3n) is 4.53. The van der Waals surface area contributed by atoms with Crippen LogP contribution in [0.15, 0.2) is 53.1 Å². The van der Waals surface area contributed by atoms with Gasteiger partial charge in [-0.25, -0.2) is 0 Å². The molecule has 2 atom stereocenters. The Morgan fingerprint density at radius 3 is 2.33 bits per heavy atom. The predicted molar refractivity (Wildman–Crippen MR) is 108 cm³/mol. The van der Waals surface area contributed by atoms with Crippen LogP contribution in [-0.4, -0.2) is 26.3 Å². The molecule has 2 aromatic rings. The lowest BCUT2D eigenvalue weighted by Gasteiger charge is -2.35. The maximum atomic E-state index is 5.88. The SMILES string of the molecule is CCOCC(C(Cc1ccccc1)c1ccc(Br)cn1)[Si](C)(C)C. The van der Waals surface area contributed by atoms with E-state index in [-0.39, 0.29) is 0 Å². The molecule has 0 aliphatic heterocycles. The lowest BCUT2D eigenvalue weighted by atomic mass is 9.92. The Kier molecular flexibility index (Phi) is 7.20. The molecule has 1 heterocycles. The summed E-state index contributed by atoms with van der Waals surface area (Å²) in [6.07, 6.45) is 2.92. The summed E-state index contributed by atoms with van der Waals surface area (Å²) in [5.41, 5.74) is 3.08. The van der Waals surface area contributed by atoms with Crippen LogP contribution >= 0.6 is 15.9 Å². The van der Waals surface area contributed by atoms with Gasteiger partial charge in [0.25, 0.3) is 0 Å². The van der Waals surface area contributed by atoms with Crippen LogP contribution in [0.2, 0.25) is 25.2 Å². The summed E-state index contributed by atoms with van der Waals surface area (Å²) in [5.74, 6) is 0.388. The van der Waals surface area contributed by atoms with Gasteiger partial charge in [0.1, 0.15) is 0 Å². The second kappa shape index (κ2) is 8.93. The Labute approximate surface area is 155 Å². The molecule has 1 aromatic carbocycles. The molecular formula is C20H28BrNOSi. The van der Waals surface area contributed by atoms with Gasteiger partial charge in [-0.1, -0.05) is 50.0 Å². The van der Waals surface area contributed by atoms with Crippen molar-refractivity contribution in [2.45, 2.75) is 44.4 Å². The summed E-state index contributed by atoms with van der Waals surface area (Å²) in [7, 11) is -1.41. The normalized spacial score (nSPS) is 14.4. The molecule has 2 nitrogen and oxygen atoms in total. The Bertz CT molecular complexity index is 610. The van der Waals surface area contributed by atoms with Gasteiger partial charge in [0.2, 0.25) is 0 Å². The molecular weight excluding hydrogens is 378 g/mol. The van der Waals surface area contributed by atoms with Crippen molar-refractivity contribution in [1.82, 2.24) is 4.98 Å². The number of aromatic nitrogens is 1. The number of benzene rings is 1. The zero-order valence-electron chi connectivity index (χ0n) is 15.1. The third kappa shape index (κ3) is 5.54. The van der Waals surface area contributed by atoms with Gasteiger partial charge in [0.15, 0.2) is 0 Å². The van der Waals surface area contributed by atoms with Gasteiger partial charge in [0, 0.05) is 35.5 Å². The van der Waals surface area contributed by atoms with Crippen LogP contribution < -0.4 is 0 Å². The summed E-state index contributed by atoms with van der Waals surface area (Å²) in [6.45, 7) is 11.0. The summed E-state index contributed by atoms with van der Waals surface area (Å²) >= 11 is 3.50. The first-order valence-corrected chi connectivity index (χ1v) is 13.0. The quantitative estimate of drug-likeness (QED) is 0.508. The number of nitrogens with zero attached hydrogens (tertiary/aromatic N) is 1. The maximum absolute atomic E-state index is 5.88. The van der Waals surface area contributed by atoms with Crippen LogP contribution in [0.3, 0.4) is 0 Å². The minimum Gasteiger partial charge on any atom is -0.382 e. The van der Waals surface area contributed by atoms with Crippen molar-refractivity contribution in [3.8, 4) is 0 Å². The van der Waals surface area contributed by atoms with Crippen LogP contribution in [-0.2, 0) is 11.2 Å². The van der Waals surface area contributed by atoms with Crippen LogP contribution in [0.1, 0.15) is 24.1 Å². The average Bonchev–Trinajstić information content (AvgIpc) is 2.55. The fraction of sp³-hybridized carbons (Fsp3) is 0.450. The highest BCUT2D eigenvalue weighted by atomic mass is 79.9. The zero-order chi connectivity index (χ0) is 17.6. The number of rotatable bonds is 8. The molecule has 0 spiro atoms. The highest BCUT2D eigenvalue weighted by Crippen LogP contribution is 2.39. The number of pyridine rings is 1. The average molecular weight is 406 g/mol. The van der Waals surface area contributed by atoms with Gasteiger partial charge in [-0.05, 0) is 52.5 Å². The van der Waals surface area contributed by atoms with E-state index in [1.807, 2.05) is 6.20 Å². The van der Waals surface area contributed by atoms with E-state index in [1.54, 1.807) is 0 Å². The number of ether oxygens (including phenoxy) is 1. The second-order valence-corrected chi connectivity index (χ2v) is 13.7. The Morgan fingerprint density at radius 2 is 1.79 bits per heavy atom. The third-order valence-corrected chi connectivity index (χ3v) is 7.79. The van der Waals surface area contributed by atoms with Crippen LogP contribution in [0.25, 0.3) is 0 Å². The standard InChI is InChI=1S/C20H28BrNOSi/c1-5-23-15-20(24(2,3)4)18(13-16-9-7-6-8-10-16)19-12-11-17(21)14-22-19/h6-12,14,18,20H,5,13,15H2,1-4H3. The molecule has 0 aliphatic carbocycles. The van der Waals surface area contributed by atoms with Crippen molar-refractivity contribution >= 4 is 24.0 Å². The van der Waals surface area contributed by atoms with E-state index >= 15 is 0 Å². The minimum atomic E-state index is -1.41. The summed E-state index contributed by atoms with van der Waals surface area (Å²) in [6, 6.07) is 15.0. The maximum Gasteiger partial charge on any atom is 0.0508 e. The van der Waals surface area contributed by atoms with Gasteiger partial charge in [0.05, 0.1) is 8.07 Å². The predicted octanol–water partition coefficient (Wildman–Crippen LogP) is 5.92. The highest BCUT2D eigenvalue weighted by molar-refractivity contribution is 9.10. The van der Waals surface area contributed by atoms with Crippen molar-refractivity contribution in [2.75, 3.05) is 13.2 Å².